The number of carboxylic acid groups (broad SMARTS) is 1. The van der Waals surface area contributed by atoms with Crippen LogP contribution in [0.3, 0.4) is 0 Å². The third kappa shape index (κ3) is 3.55. The van der Waals surface area contributed by atoms with Crippen LogP contribution in [0.2, 0.25) is 0 Å². The highest BCUT2D eigenvalue weighted by Crippen LogP contribution is 2.41. The molecule has 2 rings (SSSR count). The first-order valence-corrected chi connectivity index (χ1v) is 8.41. The molecule has 1 unspecified atom stereocenters. The molecule has 1 aliphatic carbocycles. The lowest BCUT2D eigenvalue weighted by atomic mass is 9.68. The highest BCUT2D eigenvalue weighted by atomic mass is 16.4. The van der Waals surface area contributed by atoms with E-state index in [1.54, 1.807) is 0 Å². The summed E-state index contributed by atoms with van der Waals surface area (Å²) in [6.45, 7) is 8.99. The zero-order valence-corrected chi connectivity index (χ0v) is 13.4. The summed E-state index contributed by atoms with van der Waals surface area (Å²) in [6, 6.07) is 0.640. The minimum atomic E-state index is -0.601. The summed E-state index contributed by atoms with van der Waals surface area (Å²) in [5.74, 6) is 0.118. The zero-order valence-electron chi connectivity index (χ0n) is 13.4. The minimum absolute atomic E-state index is 0.131. The number of carboxylic acids is 1. The van der Waals surface area contributed by atoms with Crippen molar-refractivity contribution in [2.45, 2.75) is 71.8 Å². The van der Waals surface area contributed by atoms with Crippen molar-refractivity contribution in [3.8, 4) is 0 Å². The third-order valence-electron chi connectivity index (χ3n) is 6.03. The van der Waals surface area contributed by atoms with Gasteiger partial charge in [0.05, 0.1) is 5.92 Å². The summed E-state index contributed by atoms with van der Waals surface area (Å²) < 4.78 is 0. The molecule has 2 fully saturated rings. The van der Waals surface area contributed by atoms with E-state index in [-0.39, 0.29) is 5.92 Å². The normalized spacial score (nSPS) is 33.0. The molecule has 2 aliphatic rings. The number of carbonyl (C=O) groups is 1. The van der Waals surface area contributed by atoms with Gasteiger partial charge in [-0.15, -0.1) is 0 Å². The Morgan fingerprint density at radius 1 is 1.20 bits per heavy atom. The third-order valence-corrected chi connectivity index (χ3v) is 6.03. The maximum Gasteiger partial charge on any atom is 0.307 e. The van der Waals surface area contributed by atoms with Crippen molar-refractivity contribution in [1.82, 2.24) is 4.90 Å². The molecule has 3 heteroatoms. The summed E-state index contributed by atoms with van der Waals surface area (Å²) in [4.78, 5) is 13.6. The van der Waals surface area contributed by atoms with Crippen molar-refractivity contribution < 1.29 is 9.90 Å². The first kappa shape index (κ1) is 15.8. The van der Waals surface area contributed by atoms with Crippen LogP contribution in [0.4, 0.5) is 0 Å². The predicted molar refractivity (Wildman–Crippen MR) is 81.8 cm³/mol. The fraction of sp³-hybridized carbons (Fsp3) is 0.941. The van der Waals surface area contributed by atoms with Crippen LogP contribution in [-0.2, 0) is 4.79 Å². The van der Waals surface area contributed by atoms with E-state index in [0.29, 0.717) is 11.5 Å². The number of aliphatic carboxylic acids is 1. The molecule has 1 atom stereocenters. The Morgan fingerprint density at radius 2 is 1.85 bits per heavy atom. The van der Waals surface area contributed by atoms with Gasteiger partial charge in [0.25, 0.3) is 0 Å². The van der Waals surface area contributed by atoms with Crippen LogP contribution in [0.15, 0.2) is 0 Å². The van der Waals surface area contributed by atoms with E-state index in [1.165, 1.54) is 32.1 Å². The van der Waals surface area contributed by atoms with Crippen molar-refractivity contribution in [2.24, 2.45) is 17.3 Å². The van der Waals surface area contributed by atoms with Gasteiger partial charge in [-0.2, -0.15) is 0 Å². The van der Waals surface area contributed by atoms with Gasteiger partial charge < -0.3 is 5.11 Å². The summed E-state index contributed by atoms with van der Waals surface area (Å²) in [5.41, 5.74) is 0.469. The molecule has 1 aliphatic heterocycles. The van der Waals surface area contributed by atoms with Gasteiger partial charge in [-0.3, -0.25) is 9.69 Å². The van der Waals surface area contributed by atoms with E-state index in [9.17, 15) is 9.90 Å². The Labute approximate surface area is 123 Å². The molecule has 0 radical (unpaired) electrons. The van der Waals surface area contributed by atoms with Crippen LogP contribution in [-0.4, -0.2) is 35.1 Å². The second-order valence-electron chi connectivity index (χ2n) is 7.52. The fourth-order valence-corrected chi connectivity index (χ4v) is 4.05. The fourth-order valence-electron chi connectivity index (χ4n) is 4.05. The Morgan fingerprint density at radius 3 is 2.40 bits per heavy atom. The number of hydrogen-bond acceptors (Lipinski definition) is 2. The van der Waals surface area contributed by atoms with Gasteiger partial charge in [-0.1, -0.05) is 27.2 Å². The van der Waals surface area contributed by atoms with E-state index >= 15 is 0 Å². The summed E-state index contributed by atoms with van der Waals surface area (Å²) in [5, 5.41) is 9.21. The van der Waals surface area contributed by atoms with Crippen LogP contribution in [0, 0.1) is 17.3 Å². The molecule has 0 spiro atoms. The molecule has 0 amide bonds. The van der Waals surface area contributed by atoms with Gasteiger partial charge in [0.1, 0.15) is 0 Å². The largest absolute Gasteiger partial charge is 0.481 e. The van der Waals surface area contributed by atoms with Crippen LogP contribution < -0.4 is 0 Å². The molecule has 0 aromatic heterocycles. The molecule has 20 heavy (non-hydrogen) atoms. The number of rotatable bonds is 4. The van der Waals surface area contributed by atoms with E-state index in [4.69, 9.17) is 0 Å². The first-order valence-electron chi connectivity index (χ1n) is 8.41. The van der Waals surface area contributed by atoms with E-state index in [2.05, 4.69) is 25.7 Å². The maximum atomic E-state index is 11.2. The monoisotopic (exact) mass is 281 g/mol. The topological polar surface area (TPSA) is 40.5 Å². The van der Waals surface area contributed by atoms with E-state index < -0.39 is 5.97 Å². The summed E-state index contributed by atoms with van der Waals surface area (Å²) in [6.07, 6.45) is 8.34. The molecule has 1 saturated carbocycles. The molecule has 0 aromatic carbocycles. The van der Waals surface area contributed by atoms with Gasteiger partial charge in [-0.25, -0.2) is 0 Å². The summed E-state index contributed by atoms with van der Waals surface area (Å²) in [7, 11) is 0. The molecule has 3 nitrogen and oxygen atoms in total. The van der Waals surface area contributed by atoms with E-state index in [1.807, 2.05) is 0 Å². The van der Waals surface area contributed by atoms with Gasteiger partial charge in [0.15, 0.2) is 0 Å². The average molecular weight is 281 g/mol. The predicted octanol–water partition coefficient (Wildman–Crippen LogP) is 3.78. The zero-order chi connectivity index (χ0) is 14.8. The lowest BCUT2D eigenvalue weighted by Gasteiger charge is -2.44. The molecular formula is C17H31NO2. The second kappa shape index (κ2) is 6.46. The van der Waals surface area contributed by atoms with Crippen LogP contribution >= 0.6 is 0 Å². The SMILES string of the molecule is CCC(C)(C)C1CCC(N2CCCC(C(=O)O)C2)CC1. The molecule has 1 N–H and O–H groups in total. The maximum absolute atomic E-state index is 11.2. The summed E-state index contributed by atoms with van der Waals surface area (Å²) >= 11 is 0. The van der Waals surface area contributed by atoms with Crippen molar-refractivity contribution in [1.29, 1.82) is 0 Å². The van der Waals surface area contributed by atoms with Gasteiger partial charge in [-0.05, 0) is 56.4 Å². The Hall–Kier alpha value is -0.570. The highest BCUT2D eigenvalue weighted by Gasteiger charge is 2.35. The van der Waals surface area contributed by atoms with Crippen LogP contribution in [0.5, 0.6) is 0 Å². The molecule has 1 saturated heterocycles. The lowest BCUT2D eigenvalue weighted by Crippen LogP contribution is -2.46. The standard InChI is InChI=1S/C17H31NO2/c1-4-17(2,3)14-7-9-15(10-8-14)18-11-5-6-13(12-18)16(19)20/h13-15H,4-12H2,1-3H3,(H,19,20). The minimum Gasteiger partial charge on any atom is -0.481 e. The Kier molecular flexibility index (Phi) is 5.11. The number of nitrogens with zero attached hydrogens (tertiary/aromatic N) is 1. The van der Waals surface area contributed by atoms with Crippen molar-refractivity contribution >= 4 is 5.97 Å². The second-order valence-corrected chi connectivity index (χ2v) is 7.52. The molecule has 0 aromatic rings. The Bertz CT molecular complexity index is 332. The van der Waals surface area contributed by atoms with Gasteiger partial charge >= 0.3 is 5.97 Å². The smallest absolute Gasteiger partial charge is 0.307 e. The van der Waals surface area contributed by atoms with Crippen LogP contribution in [0.25, 0.3) is 0 Å². The average Bonchev–Trinajstić information content (AvgIpc) is 2.47. The molecule has 116 valence electrons. The molecule has 1 heterocycles. The first-order chi connectivity index (χ1) is 9.44. The van der Waals surface area contributed by atoms with Crippen molar-refractivity contribution in [3.05, 3.63) is 0 Å². The van der Waals surface area contributed by atoms with Gasteiger partial charge in [0, 0.05) is 12.6 Å². The molecular weight excluding hydrogens is 250 g/mol. The van der Waals surface area contributed by atoms with Crippen molar-refractivity contribution in [2.75, 3.05) is 13.1 Å². The van der Waals surface area contributed by atoms with Gasteiger partial charge in [0.2, 0.25) is 0 Å². The highest BCUT2D eigenvalue weighted by molar-refractivity contribution is 5.70. The Balaban J connectivity index is 1.86. The number of hydrogen-bond donors (Lipinski definition) is 1. The number of likely N-dealkylation sites (tertiary alicyclic amines) is 1. The molecule has 0 bridgehead atoms. The number of piperidine rings is 1. The lowest BCUT2D eigenvalue weighted by molar-refractivity contribution is -0.144. The van der Waals surface area contributed by atoms with E-state index in [0.717, 1.165) is 31.8 Å². The van der Waals surface area contributed by atoms with Crippen LogP contribution in [0.1, 0.15) is 65.7 Å². The van der Waals surface area contributed by atoms with Crippen molar-refractivity contribution in [3.63, 3.8) is 0 Å². The quantitative estimate of drug-likeness (QED) is 0.852.